The minimum atomic E-state index is -0.558. The van der Waals surface area contributed by atoms with Crippen molar-refractivity contribution >= 4 is 11.8 Å². The number of likely N-dealkylation sites (tertiary alicyclic amines) is 1. The van der Waals surface area contributed by atoms with Crippen molar-refractivity contribution in [3.8, 4) is 11.1 Å². The molecule has 1 atom stereocenters. The number of benzene rings is 1. The Labute approximate surface area is 191 Å². The van der Waals surface area contributed by atoms with Gasteiger partial charge in [-0.1, -0.05) is 37.1 Å². The number of carbonyl (C=O) groups is 2. The molecule has 2 heterocycles. The first-order valence-electron chi connectivity index (χ1n) is 12.1. The monoisotopic (exact) mass is 433 g/mol. The topological polar surface area (TPSA) is 62.3 Å². The highest BCUT2D eigenvalue weighted by atomic mass is 16.2. The van der Waals surface area contributed by atoms with E-state index in [0.29, 0.717) is 31.8 Å². The van der Waals surface area contributed by atoms with Crippen LogP contribution in [0.1, 0.15) is 57.4 Å². The third-order valence-electron chi connectivity index (χ3n) is 7.20. The van der Waals surface area contributed by atoms with Gasteiger partial charge in [0.05, 0.1) is 5.41 Å². The molecule has 1 aromatic carbocycles. The molecule has 2 aromatic rings. The summed E-state index contributed by atoms with van der Waals surface area (Å²) in [7, 11) is 0. The van der Waals surface area contributed by atoms with E-state index in [1.807, 2.05) is 24.0 Å². The van der Waals surface area contributed by atoms with E-state index in [9.17, 15) is 9.59 Å². The van der Waals surface area contributed by atoms with E-state index in [-0.39, 0.29) is 11.8 Å². The Morgan fingerprint density at radius 2 is 1.72 bits per heavy atom. The normalized spacial score (nSPS) is 21.5. The van der Waals surface area contributed by atoms with Gasteiger partial charge in [0, 0.05) is 38.4 Å². The third-order valence-corrected chi connectivity index (χ3v) is 7.20. The maximum Gasteiger partial charge on any atom is 0.228 e. The second-order valence-corrected chi connectivity index (χ2v) is 9.52. The van der Waals surface area contributed by atoms with Crippen molar-refractivity contribution in [2.24, 2.45) is 11.3 Å². The fourth-order valence-corrected chi connectivity index (χ4v) is 5.44. The molecule has 0 bridgehead atoms. The summed E-state index contributed by atoms with van der Waals surface area (Å²) in [6, 6.07) is 12.5. The van der Waals surface area contributed by atoms with Crippen molar-refractivity contribution < 1.29 is 9.59 Å². The van der Waals surface area contributed by atoms with Crippen LogP contribution in [0.15, 0.2) is 48.8 Å². The van der Waals surface area contributed by atoms with Gasteiger partial charge in [0.15, 0.2) is 0 Å². The van der Waals surface area contributed by atoms with Crippen molar-refractivity contribution in [3.05, 3.63) is 54.4 Å². The van der Waals surface area contributed by atoms with Gasteiger partial charge in [-0.3, -0.25) is 14.6 Å². The SMILES string of the molecule is CCNC(=O)[C@]1(Cc2ccc(-c3ccncc3)cc2)CCCN(C(=O)CC2CCCC2)C1. The molecule has 2 aliphatic rings. The summed E-state index contributed by atoms with van der Waals surface area (Å²) in [5.41, 5.74) is 2.85. The number of nitrogens with one attached hydrogen (secondary N) is 1. The van der Waals surface area contributed by atoms with Crippen LogP contribution in [-0.2, 0) is 16.0 Å². The van der Waals surface area contributed by atoms with Gasteiger partial charge in [-0.2, -0.15) is 0 Å². The standard InChI is InChI=1S/C27H35N3O2/c1-2-29-26(32)27(14-5-17-30(20-27)25(31)18-21-6-3-4-7-21)19-22-8-10-23(11-9-22)24-12-15-28-16-13-24/h8-13,15-16,21H,2-7,14,17-20H2,1H3,(H,29,32)/t27-/m0/s1. The fourth-order valence-electron chi connectivity index (χ4n) is 5.44. The number of hydrogen-bond acceptors (Lipinski definition) is 3. The van der Waals surface area contributed by atoms with Crippen molar-refractivity contribution in [1.82, 2.24) is 15.2 Å². The minimum Gasteiger partial charge on any atom is -0.356 e. The Kier molecular flexibility index (Phi) is 7.23. The molecule has 1 saturated carbocycles. The van der Waals surface area contributed by atoms with E-state index in [0.717, 1.165) is 36.1 Å². The highest BCUT2D eigenvalue weighted by Crippen LogP contribution is 2.36. The molecular formula is C27H35N3O2. The molecule has 1 aliphatic carbocycles. The Balaban J connectivity index is 1.50. The second kappa shape index (κ2) is 10.3. The van der Waals surface area contributed by atoms with Crippen LogP contribution >= 0.6 is 0 Å². The van der Waals surface area contributed by atoms with Crippen LogP contribution in [0, 0.1) is 11.3 Å². The maximum absolute atomic E-state index is 13.3. The predicted molar refractivity (Wildman–Crippen MR) is 127 cm³/mol. The second-order valence-electron chi connectivity index (χ2n) is 9.52. The summed E-state index contributed by atoms with van der Waals surface area (Å²) < 4.78 is 0. The first-order valence-corrected chi connectivity index (χ1v) is 12.1. The van der Waals surface area contributed by atoms with Gasteiger partial charge < -0.3 is 10.2 Å². The van der Waals surface area contributed by atoms with Crippen molar-refractivity contribution in [3.63, 3.8) is 0 Å². The van der Waals surface area contributed by atoms with E-state index < -0.39 is 5.41 Å². The summed E-state index contributed by atoms with van der Waals surface area (Å²) >= 11 is 0. The van der Waals surface area contributed by atoms with Gasteiger partial charge in [-0.15, -0.1) is 0 Å². The summed E-state index contributed by atoms with van der Waals surface area (Å²) in [5, 5.41) is 3.06. The number of nitrogens with zero attached hydrogens (tertiary/aromatic N) is 2. The van der Waals surface area contributed by atoms with Crippen LogP contribution in [0.2, 0.25) is 0 Å². The molecule has 5 heteroatoms. The van der Waals surface area contributed by atoms with E-state index in [4.69, 9.17) is 0 Å². The first kappa shape index (κ1) is 22.5. The van der Waals surface area contributed by atoms with Crippen LogP contribution in [0.3, 0.4) is 0 Å². The number of hydrogen-bond donors (Lipinski definition) is 1. The largest absolute Gasteiger partial charge is 0.356 e. The van der Waals surface area contributed by atoms with E-state index in [1.165, 1.54) is 25.7 Å². The lowest BCUT2D eigenvalue weighted by molar-refractivity contribution is -0.142. The van der Waals surface area contributed by atoms with Gasteiger partial charge in [0.2, 0.25) is 11.8 Å². The van der Waals surface area contributed by atoms with Crippen LogP contribution < -0.4 is 5.32 Å². The highest BCUT2D eigenvalue weighted by Gasteiger charge is 2.43. The predicted octanol–water partition coefficient (Wildman–Crippen LogP) is 4.62. The molecule has 170 valence electrons. The number of carbonyl (C=O) groups excluding carboxylic acids is 2. The Bertz CT molecular complexity index is 906. The number of piperidine rings is 1. The van der Waals surface area contributed by atoms with Gasteiger partial charge in [-0.25, -0.2) is 0 Å². The minimum absolute atomic E-state index is 0.0802. The molecule has 2 amide bonds. The first-order chi connectivity index (χ1) is 15.6. The van der Waals surface area contributed by atoms with Crippen molar-refractivity contribution in [2.75, 3.05) is 19.6 Å². The molecule has 0 radical (unpaired) electrons. The molecule has 0 spiro atoms. The number of rotatable bonds is 7. The Morgan fingerprint density at radius 3 is 2.41 bits per heavy atom. The Hall–Kier alpha value is -2.69. The van der Waals surface area contributed by atoms with Crippen LogP contribution in [0.4, 0.5) is 0 Å². The van der Waals surface area contributed by atoms with E-state index in [1.54, 1.807) is 12.4 Å². The average molecular weight is 434 g/mol. The lowest BCUT2D eigenvalue weighted by atomic mass is 9.74. The molecule has 4 rings (SSSR count). The molecule has 2 fully saturated rings. The smallest absolute Gasteiger partial charge is 0.228 e. The molecule has 0 unspecified atom stereocenters. The van der Waals surface area contributed by atoms with Gasteiger partial charge >= 0.3 is 0 Å². The molecule has 32 heavy (non-hydrogen) atoms. The number of amides is 2. The summed E-state index contributed by atoms with van der Waals surface area (Å²) in [6.45, 7) is 3.86. The molecule has 1 N–H and O–H groups in total. The van der Waals surface area contributed by atoms with Crippen molar-refractivity contribution in [1.29, 1.82) is 0 Å². The summed E-state index contributed by atoms with van der Waals surface area (Å²) in [5.74, 6) is 0.846. The third kappa shape index (κ3) is 5.20. The Morgan fingerprint density at radius 1 is 1.03 bits per heavy atom. The van der Waals surface area contributed by atoms with Gasteiger partial charge in [0.1, 0.15) is 0 Å². The lowest BCUT2D eigenvalue weighted by Gasteiger charge is -2.42. The number of pyridine rings is 1. The fraction of sp³-hybridized carbons (Fsp3) is 0.519. The highest BCUT2D eigenvalue weighted by molar-refractivity contribution is 5.85. The molecule has 1 aliphatic heterocycles. The van der Waals surface area contributed by atoms with E-state index in [2.05, 4.69) is 34.6 Å². The molecular weight excluding hydrogens is 398 g/mol. The van der Waals surface area contributed by atoms with Crippen LogP contribution in [-0.4, -0.2) is 41.3 Å². The zero-order chi connectivity index (χ0) is 22.4. The molecule has 5 nitrogen and oxygen atoms in total. The number of aromatic nitrogens is 1. The van der Waals surface area contributed by atoms with Crippen LogP contribution in [0.5, 0.6) is 0 Å². The van der Waals surface area contributed by atoms with Gasteiger partial charge in [0.25, 0.3) is 0 Å². The zero-order valence-electron chi connectivity index (χ0n) is 19.2. The molecule has 1 saturated heterocycles. The lowest BCUT2D eigenvalue weighted by Crippen LogP contribution is -2.54. The summed E-state index contributed by atoms with van der Waals surface area (Å²) in [6.07, 6.45) is 11.4. The summed E-state index contributed by atoms with van der Waals surface area (Å²) in [4.78, 5) is 32.4. The van der Waals surface area contributed by atoms with Crippen molar-refractivity contribution in [2.45, 2.75) is 58.3 Å². The average Bonchev–Trinajstić information content (AvgIpc) is 3.33. The van der Waals surface area contributed by atoms with E-state index >= 15 is 0 Å². The van der Waals surface area contributed by atoms with Gasteiger partial charge in [-0.05, 0) is 73.8 Å². The van der Waals surface area contributed by atoms with Crippen LogP contribution in [0.25, 0.3) is 11.1 Å². The maximum atomic E-state index is 13.3. The zero-order valence-corrected chi connectivity index (χ0v) is 19.2. The molecule has 1 aromatic heterocycles. The quantitative estimate of drug-likeness (QED) is 0.693.